The van der Waals surface area contributed by atoms with E-state index in [0.717, 1.165) is 124 Å². The fraction of sp³-hybridized carbons (Fsp3) is 0.248. The predicted octanol–water partition coefficient (Wildman–Crippen LogP) is 19.1. The number of piperidine rings is 2. The Balaban J connectivity index is 0.000000139. The Morgan fingerprint density at radius 3 is 1.38 bits per heavy atom. The first-order valence-corrected chi connectivity index (χ1v) is 49.5. The summed E-state index contributed by atoms with van der Waals surface area (Å²) >= 11 is 5.75. The van der Waals surface area contributed by atoms with Gasteiger partial charge in [0.25, 0.3) is 16.7 Å². The molecule has 0 radical (unpaired) electrons. The lowest BCUT2D eigenvalue weighted by atomic mass is 9.83. The molecule has 18 aromatic rings. The Morgan fingerprint density at radius 1 is 0.463 bits per heavy atom. The smallest absolute Gasteiger partial charge is 0.411 e. The van der Waals surface area contributed by atoms with Crippen molar-refractivity contribution < 1.29 is 48.4 Å². The number of nitrogens with zero attached hydrogens (tertiary/aromatic N) is 14. The number of amides is 5. The van der Waals surface area contributed by atoms with Crippen molar-refractivity contribution >= 4 is 125 Å². The molecule has 766 valence electrons. The number of hydrogen-bond acceptors (Lipinski definition) is 22. The summed E-state index contributed by atoms with van der Waals surface area (Å²) in [7, 11) is 1.87. The molecule has 2 saturated heterocycles. The number of nitrogens with two attached hydrogens (primary N) is 2. The third-order valence-corrected chi connectivity index (χ3v) is 25.3. The topological polar surface area (TPSA) is 472 Å². The van der Waals surface area contributed by atoms with Crippen molar-refractivity contribution in [2.45, 2.75) is 105 Å². The van der Waals surface area contributed by atoms with Gasteiger partial charge in [0.15, 0.2) is 5.78 Å². The van der Waals surface area contributed by atoms with E-state index in [0.29, 0.717) is 134 Å². The molecule has 2 aliphatic heterocycles. The number of nitrogen functional groups attached to an aromatic ring is 2. The van der Waals surface area contributed by atoms with Gasteiger partial charge < -0.3 is 66.0 Å². The quantitative estimate of drug-likeness (QED) is 0.0222. The molecule has 0 bridgehead atoms. The minimum atomic E-state index is -0.722. The van der Waals surface area contributed by atoms with E-state index in [9.17, 15) is 43.6 Å². The van der Waals surface area contributed by atoms with Gasteiger partial charge in [-0.15, -0.1) is 11.6 Å². The summed E-state index contributed by atoms with van der Waals surface area (Å²) in [6.07, 6.45) is 7.04. The van der Waals surface area contributed by atoms with Crippen molar-refractivity contribution in [3.05, 3.63) is 351 Å². The summed E-state index contributed by atoms with van der Waals surface area (Å²) < 4.78 is 23.8. The number of halogens is 1. The standard InChI is InChI=1S/C26H25N5O3.C18H24N4O2.C17H20N2O3.C14H10N2O.C13H12ClN3O.C13H13N3O2.C12H15N3O/c1-19-23(20-11-5-2-6-12-20)24(29-25(32)27-21-13-7-3-8-14-21)31(30-19)17-18-34-26(33)28-22-15-9-4-10-16-22;1-3-24-18(23)22-11-9-14(10-12-22)16-15(17(19)21(2)20-16)13-7-5-4-6-8-13;1-2-22-17(21)19-10-8-14(9-11-19)16(20)15(12-18)13-6-4-3-5-7-13;17-14-12-4-2-1-3-11(12)13(9-16-14)10-5-7-15-8-6-10;1-8-11-9-4-2-3-5-10(9)13(18)15-12(11)17(16-8)7-6-14;1-8-11-9-4-2-3-5-10(9)13(18)14-12(11)16(15-8)6-7-17;1-9-11(10-5-3-2-4-6-10)12(13)15(14-9)7-8-16/h2-16H,17-18H2,1H3,(H,28,33)(H2,27,29,32);4-8,14H,3,9-12,19H2,1-2H3;3-7,14-15H,2,8-11H2,1H3;1-9H,(H,16,17);2-5H,6-7H2,1H3,(H,15,18);2-5,17H,6-7H2,1H3,(H,14,18);2-6,16H,7-8,13H2,1H3. The molecule has 2 aliphatic rings. The van der Waals surface area contributed by atoms with Crippen molar-refractivity contribution in [2.75, 3.05) is 92.5 Å². The van der Waals surface area contributed by atoms with Gasteiger partial charge in [0.2, 0.25) is 0 Å². The lowest BCUT2D eigenvalue weighted by molar-refractivity contribution is -0.124. The van der Waals surface area contributed by atoms with E-state index in [1.165, 1.54) is 0 Å². The third-order valence-electron chi connectivity index (χ3n) is 25.1. The van der Waals surface area contributed by atoms with E-state index in [-0.39, 0.29) is 66.9 Å². The molecule has 149 heavy (non-hydrogen) atoms. The molecular weight excluding hydrogens is 1910 g/mol. The lowest BCUT2D eigenvalue weighted by Gasteiger charge is -2.31. The van der Waals surface area contributed by atoms with Gasteiger partial charge in [-0.2, -0.15) is 30.8 Å². The first-order valence-electron chi connectivity index (χ1n) is 49.0. The number of H-pyrrole nitrogens is 3. The number of benzene rings is 9. The highest BCUT2D eigenvalue weighted by molar-refractivity contribution is 6.18. The molecule has 12 N–H and O–H groups in total. The number of urea groups is 1. The van der Waals surface area contributed by atoms with Crippen LogP contribution in [0.5, 0.6) is 0 Å². The normalized spacial score (nSPS) is 12.4. The number of aromatic nitrogens is 14. The average Bonchev–Trinajstić information content (AvgIpc) is 1.59. The van der Waals surface area contributed by atoms with E-state index < -0.39 is 18.0 Å². The van der Waals surface area contributed by atoms with Crippen LogP contribution in [0.3, 0.4) is 0 Å². The van der Waals surface area contributed by atoms with Gasteiger partial charge in [-0.1, -0.05) is 212 Å². The summed E-state index contributed by atoms with van der Waals surface area (Å²) in [4.78, 5) is 113. The number of likely N-dealkylation sites (tertiary alicyclic amines) is 2. The molecular formula is C113H119ClN22O13. The fourth-order valence-corrected chi connectivity index (χ4v) is 18.2. The van der Waals surface area contributed by atoms with Crippen LogP contribution in [0.2, 0.25) is 0 Å². The number of ether oxygens (including phenoxy) is 3. The number of carbonyl (C=O) groups excluding carboxylic acids is 5. The largest absolute Gasteiger partial charge is 0.450 e. The number of aromatic amines is 3. The number of nitriles is 1. The summed E-state index contributed by atoms with van der Waals surface area (Å²) in [5.74, 6) is 1.64. The van der Waals surface area contributed by atoms with Crippen LogP contribution in [0.15, 0.2) is 300 Å². The number of para-hydroxylation sites is 2. The molecule has 35 nitrogen and oxygen atoms in total. The highest BCUT2D eigenvalue weighted by Crippen LogP contribution is 2.40. The van der Waals surface area contributed by atoms with Crippen molar-refractivity contribution in [3.8, 4) is 50.6 Å². The first kappa shape index (κ1) is 107. The second-order valence-corrected chi connectivity index (χ2v) is 35.2. The SMILES string of the molecule is CCOC(=O)N1CCC(C(=O)C(C#N)c2ccccc2)CC1.CCOC(=O)N1CCC(c2nn(C)c(N)c2-c2ccccc2)CC1.Cc1nn(CCCl)c2[nH]c(=O)c3ccccc3c12.Cc1nn(CCO)c(N)c1-c1ccccc1.Cc1nn(CCO)c2[nH]c(=O)c3ccccc3c12.Cc1nn(CCOC(=O)Nc2ccccc2)c(NC(=O)Nc2ccccc2)c1-c1ccccc1.O=c1[nH]cc(-c2ccncc2)c2ccccc12. The zero-order valence-corrected chi connectivity index (χ0v) is 84.5. The number of aliphatic hydroxyl groups excluding tert-OH is 2. The number of fused-ring (bicyclic) bond motifs is 7. The zero-order chi connectivity index (χ0) is 105. The molecule has 9 aromatic heterocycles. The molecule has 20 rings (SSSR count). The van der Waals surface area contributed by atoms with Gasteiger partial charge >= 0.3 is 24.3 Å². The van der Waals surface area contributed by atoms with E-state index in [2.05, 4.69) is 79.6 Å². The molecule has 0 spiro atoms. The number of hydrogen-bond donors (Lipinski definition) is 10. The van der Waals surface area contributed by atoms with E-state index in [1.807, 2.05) is 254 Å². The third kappa shape index (κ3) is 26.8. The van der Waals surface area contributed by atoms with Crippen LogP contribution in [-0.4, -0.2) is 184 Å². The Hall–Kier alpha value is -17.6. The molecule has 0 saturated carbocycles. The molecule has 9 aromatic carbocycles. The number of Topliss-reactive ketones (excluding diaryl/α,β-unsaturated/α-hetero) is 1. The zero-order valence-electron chi connectivity index (χ0n) is 83.8. The molecule has 11 heterocycles. The average molecular weight is 2030 g/mol. The van der Waals surface area contributed by atoms with Gasteiger partial charge in [0.1, 0.15) is 41.3 Å². The highest BCUT2D eigenvalue weighted by atomic mass is 35.5. The number of aryl methyl sites for hydroxylation is 6. The Morgan fingerprint density at radius 2 is 0.886 bits per heavy atom. The van der Waals surface area contributed by atoms with Crippen molar-refractivity contribution in [3.63, 3.8) is 0 Å². The maximum atomic E-state index is 12.8. The Kier molecular flexibility index (Phi) is 37.6. The van der Waals surface area contributed by atoms with Crippen LogP contribution in [-0.2, 0) is 52.2 Å². The molecule has 0 aliphatic carbocycles. The summed E-state index contributed by atoms with van der Waals surface area (Å²) in [6, 6.07) is 85.3. The Labute approximate surface area is 864 Å². The second kappa shape index (κ2) is 52.2. The number of pyridine rings is 4. The minimum absolute atomic E-state index is 0.00885. The number of ketones is 1. The van der Waals surface area contributed by atoms with Gasteiger partial charge in [-0.05, 0) is 166 Å². The van der Waals surface area contributed by atoms with Gasteiger partial charge in [-0.3, -0.25) is 39.5 Å². The molecule has 1 unspecified atom stereocenters. The number of alkyl halides is 1. The number of anilines is 5. The molecule has 1 atom stereocenters. The number of rotatable bonds is 22. The van der Waals surface area contributed by atoms with E-state index in [1.54, 1.807) is 101 Å². The van der Waals surface area contributed by atoms with E-state index in [4.69, 9.17) is 47.5 Å². The molecule has 2 fully saturated rings. The minimum Gasteiger partial charge on any atom is -0.450 e. The summed E-state index contributed by atoms with van der Waals surface area (Å²) in [5.41, 5.74) is 27.8. The van der Waals surface area contributed by atoms with Gasteiger partial charge in [0, 0.05) is 130 Å². The van der Waals surface area contributed by atoms with Crippen molar-refractivity contribution in [1.82, 2.24) is 78.6 Å². The Bertz CT molecular complexity index is 7680. The number of carbonyl (C=O) groups is 5. The number of nitrogens with one attached hydrogen (secondary N) is 6. The lowest BCUT2D eigenvalue weighted by Crippen LogP contribution is -2.41. The van der Waals surface area contributed by atoms with Crippen LogP contribution in [0.1, 0.15) is 85.4 Å². The van der Waals surface area contributed by atoms with Gasteiger partial charge in [-0.25, -0.2) is 37.9 Å². The summed E-state index contributed by atoms with van der Waals surface area (Å²) in [6.45, 7) is 16.1. The van der Waals surface area contributed by atoms with Gasteiger partial charge in [0.05, 0.1) is 87.1 Å². The second-order valence-electron chi connectivity index (χ2n) is 34.8. The maximum Gasteiger partial charge on any atom is 0.411 e. The number of aliphatic hydroxyl groups is 2. The summed E-state index contributed by atoms with van der Waals surface area (Å²) in [5, 5.41) is 64.8. The monoisotopic (exact) mass is 2030 g/mol. The molecule has 5 amide bonds. The predicted molar refractivity (Wildman–Crippen MR) is 582 cm³/mol. The van der Waals surface area contributed by atoms with Crippen LogP contribution < -0.4 is 44.1 Å². The van der Waals surface area contributed by atoms with Crippen LogP contribution in [0, 0.1) is 44.9 Å². The van der Waals surface area contributed by atoms with Crippen LogP contribution in [0.4, 0.5) is 48.0 Å². The van der Waals surface area contributed by atoms with Crippen LogP contribution in [0.25, 0.3) is 98.9 Å². The fourth-order valence-electron chi connectivity index (χ4n) is 18.1. The molecule has 36 heteroatoms. The maximum absolute atomic E-state index is 12.8. The van der Waals surface area contributed by atoms with E-state index >= 15 is 0 Å². The van der Waals surface area contributed by atoms with Crippen molar-refractivity contribution in [1.29, 1.82) is 5.26 Å². The van der Waals surface area contributed by atoms with Crippen molar-refractivity contribution in [2.24, 2.45) is 13.0 Å². The van der Waals surface area contributed by atoms with Crippen LogP contribution >= 0.6 is 11.6 Å². The highest BCUT2D eigenvalue weighted by Gasteiger charge is 2.34. The first-order chi connectivity index (χ1) is 72.4.